The Morgan fingerprint density at radius 3 is 1.33 bits per heavy atom. The van der Waals surface area contributed by atoms with E-state index in [4.69, 9.17) is 29.2 Å². The van der Waals surface area contributed by atoms with Crippen LogP contribution in [-0.2, 0) is 28.7 Å². The van der Waals surface area contributed by atoms with Crippen molar-refractivity contribution in [1.82, 2.24) is 0 Å². The summed E-state index contributed by atoms with van der Waals surface area (Å²) in [7, 11) is 0. The molecule has 2 atom stereocenters. The maximum Gasteiger partial charge on any atom is 0.331 e. The van der Waals surface area contributed by atoms with Gasteiger partial charge in [-0.3, -0.25) is 0 Å². The van der Waals surface area contributed by atoms with Crippen LogP contribution in [0, 0.1) is 0 Å². The number of hydrogen-bond donors (Lipinski definition) is 2. The predicted molar refractivity (Wildman–Crippen MR) is 189 cm³/mol. The molecule has 0 spiro atoms. The van der Waals surface area contributed by atoms with Crippen molar-refractivity contribution in [3.05, 3.63) is 97.1 Å². The highest BCUT2D eigenvalue weighted by Gasteiger charge is 2.18. The second kappa shape index (κ2) is 21.1. The molecule has 0 aliphatic heterocycles. The lowest BCUT2D eigenvalue weighted by Gasteiger charge is -2.19. The number of carbonyl (C=O) groups is 4. The molecule has 3 rings (SSSR count). The van der Waals surface area contributed by atoms with E-state index in [0.29, 0.717) is 35.2 Å². The van der Waals surface area contributed by atoms with Crippen molar-refractivity contribution in [3.63, 3.8) is 0 Å². The number of ether oxygens (including phenoxy) is 4. The van der Waals surface area contributed by atoms with Gasteiger partial charge in [0.25, 0.3) is 0 Å². The monoisotopic (exact) mass is 730 g/mol. The molecular formula is C34H34O10S4. The molecular weight excluding hydrogens is 697 g/mol. The molecule has 3 aromatic carbocycles. The van der Waals surface area contributed by atoms with Gasteiger partial charge in [0.2, 0.25) is 0 Å². The number of carboxylic acid groups (broad SMARTS) is 2. The van der Waals surface area contributed by atoms with Crippen molar-refractivity contribution >= 4 is 70.9 Å². The molecule has 0 aliphatic carbocycles. The fourth-order valence-corrected chi connectivity index (χ4v) is 6.23. The average molecular weight is 731 g/mol. The lowest BCUT2D eigenvalue weighted by molar-refractivity contribution is -0.144. The quantitative estimate of drug-likeness (QED) is 0.0733. The second-order valence-corrected chi connectivity index (χ2v) is 13.5. The Kier molecular flexibility index (Phi) is 16.9. The Hall–Kier alpha value is -3.98. The topological polar surface area (TPSA) is 146 Å². The van der Waals surface area contributed by atoms with E-state index in [9.17, 15) is 19.2 Å². The van der Waals surface area contributed by atoms with E-state index in [1.54, 1.807) is 47.8 Å². The first-order chi connectivity index (χ1) is 23.1. The Morgan fingerprint density at radius 2 is 0.979 bits per heavy atom. The lowest BCUT2D eigenvalue weighted by atomic mass is 10.3. The lowest BCUT2D eigenvalue weighted by Crippen LogP contribution is -2.27. The Bertz CT molecular complexity index is 1450. The van der Waals surface area contributed by atoms with Crippen molar-refractivity contribution in [2.75, 3.05) is 37.2 Å². The van der Waals surface area contributed by atoms with Gasteiger partial charge in [-0.1, -0.05) is 6.07 Å². The summed E-state index contributed by atoms with van der Waals surface area (Å²) in [6, 6.07) is 22.6. The molecule has 14 heteroatoms. The molecule has 0 saturated carbocycles. The minimum atomic E-state index is -1.27. The summed E-state index contributed by atoms with van der Waals surface area (Å²) in [6.07, 6.45) is 5.67. The zero-order chi connectivity index (χ0) is 34.7. The third-order valence-corrected chi connectivity index (χ3v) is 9.73. The van der Waals surface area contributed by atoms with Gasteiger partial charge >= 0.3 is 23.9 Å². The maximum absolute atomic E-state index is 12.3. The van der Waals surface area contributed by atoms with Gasteiger partial charge in [0, 0.05) is 61.5 Å². The second-order valence-electron chi connectivity index (χ2n) is 9.53. The van der Waals surface area contributed by atoms with Gasteiger partial charge in [-0.15, -0.1) is 47.0 Å². The first-order valence-electron chi connectivity index (χ1n) is 14.3. The molecule has 0 bridgehead atoms. The van der Waals surface area contributed by atoms with Gasteiger partial charge in [-0.05, 0) is 73.2 Å². The van der Waals surface area contributed by atoms with Crippen LogP contribution in [0.1, 0.15) is 0 Å². The van der Waals surface area contributed by atoms with Crippen LogP contribution in [0.2, 0.25) is 0 Å². The Morgan fingerprint density at radius 1 is 0.604 bits per heavy atom. The third-order valence-electron chi connectivity index (χ3n) is 5.96. The van der Waals surface area contributed by atoms with Crippen LogP contribution in [0.4, 0.5) is 0 Å². The molecule has 3 aromatic rings. The first-order valence-corrected chi connectivity index (χ1v) is 18.7. The molecule has 0 amide bonds. The summed E-state index contributed by atoms with van der Waals surface area (Å²) in [5.41, 5.74) is 0. The van der Waals surface area contributed by atoms with Gasteiger partial charge in [0.15, 0.2) is 0 Å². The predicted octanol–water partition coefficient (Wildman–Crippen LogP) is 6.58. The SMILES string of the molecule is CSc1ccc(SCC(COc2cccc(OCC(CSc3ccc(SC)cc3)OC(=O)/C=C/C(=O)O)c2)OC(=O)/C=C/C(=O)O)cc1. The number of benzene rings is 3. The normalized spacial score (nSPS) is 12.4. The summed E-state index contributed by atoms with van der Waals surface area (Å²) in [5.74, 6) is -2.61. The van der Waals surface area contributed by atoms with Gasteiger partial charge < -0.3 is 29.2 Å². The van der Waals surface area contributed by atoms with Crippen LogP contribution in [-0.4, -0.2) is 83.5 Å². The van der Waals surface area contributed by atoms with Crippen molar-refractivity contribution in [1.29, 1.82) is 0 Å². The summed E-state index contributed by atoms with van der Waals surface area (Å²) in [4.78, 5) is 50.3. The molecule has 254 valence electrons. The van der Waals surface area contributed by atoms with E-state index in [1.807, 2.05) is 61.0 Å². The van der Waals surface area contributed by atoms with Gasteiger partial charge in [-0.2, -0.15) is 0 Å². The minimum Gasteiger partial charge on any atom is -0.490 e. The Labute approximate surface area is 295 Å². The molecule has 10 nitrogen and oxygen atoms in total. The number of hydrogen-bond acceptors (Lipinski definition) is 12. The van der Waals surface area contributed by atoms with Crippen LogP contribution >= 0.6 is 47.0 Å². The van der Waals surface area contributed by atoms with Crippen molar-refractivity contribution < 1.29 is 48.3 Å². The largest absolute Gasteiger partial charge is 0.490 e. The van der Waals surface area contributed by atoms with Crippen LogP contribution < -0.4 is 9.47 Å². The van der Waals surface area contributed by atoms with Gasteiger partial charge in [0.1, 0.15) is 36.9 Å². The van der Waals surface area contributed by atoms with E-state index in [0.717, 1.165) is 31.7 Å². The highest BCUT2D eigenvalue weighted by Crippen LogP contribution is 2.26. The maximum atomic E-state index is 12.3. The molecule has 2 N–H and O–H groups in total. The summed E-state index contributed by atoms with van der Waals surface area (Å²) in [6.45, 7) is -0.0394. The number of thioether (sulfide) groups is 4. The third kappa shape index (κ3) is 15.3. The molecule has 0 fully saturated rings. The summed E-state index contributed by atoms with van der Waals surface area (Å²) in [5, 5.41) is 17.7. The summed E-state index contributed by atoms with van der Waals surface area (Å²) < 4.78 is 22.8. The van der Waals surface area contributed by atoms with Crippen LogP contribution in [0.25, 0.3) is 0 Å². The van der Waals surface area contributed by atoms with Crippen LogP contribution in [0.3, 0.4) is 0 Å². The van der Waals surface area contributed by atoms with Crippen LogP contribution in [0.15, 0.2) is 117 Å². The number of carbonyl (C=O) groups excluding carboxylic acids is 2. The molecule has 0 aliphatic rings. The number of esters is 2. The van der Waals surface area contributed by atoms with Gasteiger partial charge in [-0.25, -0.2) is 19.2 Å². The van der Waals surface area contributed by atoms with Crippen LogP contribution in [0.5, 0.6) is 11.5 Å². The molecule has 0 saturated heterocycles. The number of carboxylic acids is 2. The fourth-order valence-electron chi connectivity index (χ4n) is 3.67. The molecule has 0 radical (unpaired) electrons. The molecule has 2 unspecified atom stereocenters. The molecule has 0 aromatic heterocycles. The highest BCUT2D eigenvalue weighted by atomic mass is 32.2. The van der Waals surface area contributed by atoms with E-state index in [1.165, 1.54) is 23.5 Å². The smallest absolute Gasteiger partial charge is 0.331 e. The van der Waals surface area contributed by atoms with Crippen molar-refractivity contribution in [3.8, 4) is 11.5 Å². The minimum absolute atomic E-state index is 0.0197. The average Bonchev–Trinajstić information content (AvgIpc) is 3.09. The Balaban J connectivity index is 1.64. The molecule has 48 heavy (non-hydrogen) atoms. The molecule has 0 heterocycles. The standard InChI is InChI=1S/C34H34O10S4/c1-45-27-6-10-29(11-7-27)47-21-25(43-33(39)16-14-31(35)36)19-41-23-4-3-5-24(18-23)42-20-26(44-34(40)17-15-32(37)38)22-48-30-12-8-28(46-2)9-13-30/h3-18,25-26H,19-22H2,1-2H3,(H,35,36)(H,37,38)/b16-14+,17-15+. The zero-order valence-corrected chi connectivity index (χ0v) is 29.3. The van der Waals surface area contributed by atoms with E-state index >= 15 is 0 Å². The zero-order valence-electron chi connectivity index (χ0n) is 26.0. The van der Waals surface area contributed by atoms with E-state index in [2.05, 4.69) is 0 Å². The first kappa shape index (κ1) is 38.5. The van der Waals surface area contributed by atoms with Crippen molar-refractivity contribution in [2.45, 2.75) is 31.8 Å². The summed E-state index contributed by atoms with van der Waals surface area (Å²) >= 11 is 6.18. The number of aliphatic carboxylic acids is 2. The van der Waals surface area contributed by atoms with E-state index in [-0.39, 0.29) is 13.2 Å². The van der Waals surface area contributed by atoms with E-state index < -0.39 is 36.1 Å². The van der Waals surface area contributed by atoms with Crippen molar-refractivity contribution in [2.24, 2.45) is 0 Å². The highest BCUT2D eigenvalue weighted by molar-refractivity contribution is 8.00. The number of rotatable bonds is 20. The van der Waals surface area contributed by atoms with Gasteiger partial charge in [0.05, 0.1) is 0 Å². The fraction of sp³-hybridized carbons (Fsp3) is 0.235.